The Labute approximate surface area is 290 Å². The maximum absolute atomic E-state index is 14.5. The molecule has 4 amide bonds. The zero-order chi connectivity index (χ0) is 35.6. The van der Waals surface area contributed by atoms with E-state index in [2.05, 4.69) is 31.2 Å². The number of benzene rings is 1. The van der Waals surface area contributed by atoms with Gasteiger partial charge in [-0.2, -0.15) is 4.98 Å². The fourth-order valence-corrected chi connectivity index (χ4v) is 6.88. The molecule has 4 atom stereocenters. The first-order chi connectivity index (χ1) is 23.9. The van der Waals surface area contributed by atoms with E-state index in [9.17, 15) is 24.0 Å². The Morgan fingerprint density at radius 3 is 2.42 bits per heavy atom. The minimum Gasteiger partial charge on any atom is -0.446 e. The Hall–Kier alpha value is -4.82. The monoisotopic (exact) mass is 691 g/mol. The first kappa shape index (κ1) is 35.0. The van der Waals surface area contributed by atoms with Gasteiger partial charge >= 0.3 is 6.09 Å². The molecule has 1 saturated heterocycles. The molecule has 2 aliphatic carbocycles. The maximum atomic E-state index is 14.5. The molecule has 2 saturated carbocycles. The molecule has 2 aliphatic heterocycles. The number of aromatic nitrogens is 2. The van der Waals surface area contributed by atoms with Gasteiger partial charge in [0.15, 0.2) is 5.60 Å². The third-order valence-corrected chi connectivity index (χ3v) is 9.83. The number of Topliss-reactive ketones (excluding diaryl/α,β-unsaturated/α-hetero) is 1. The van der Waals surface area contributed by atoms with Crippen LogP contribution in [0.4, 0.5) is 4.79 Å². The van der Waals surface area contributed by atoms with E-state index in [1.807, 2.05) is 51.1 Å². The van der Waals surface area contributed by atoms with Crippen molar-refractivity contribution in [2.45, 2.75) is 108 Å². The Morgan fingerprint density at radius 2 is 1.76 bits per heavy atom. The summed E-state index contributed by atoms with van der Waals surface area (Å²) in [5, 5.41) is 16.2. The minimum atomic E-state index is -1.14. The molecule has 0 radical (unpaired) electrons. The van der Waals surface area contributed by atoms with Crippen LogP contribution in [0.1, 0.15) is 84.4 Å². The van der Waals surface area contributed by atoms with Crippen molar-refractivity contribution in [3.8, 4) is 11.4 Å². The average molecular weight is 692 g/mol. The molecule has 3 N–H and O–H groups in total. The normalized spacial score (nSPS) is 23.2. The van der Waals surface area contributed by atoms with E-state index < -0.39 is 58.7 Å². The lowest BCUT2D eigenvalue weighted by Gasteiger charge is -2.35. The maximum Gasteiger partial charge on any atom is 0.408 e. The summed E-state index contributed by atoms with van der Waals surface area (Å²) in [7, 11) is 1.36. The number of likely N-dealkylation sites (N-methyl/N-ethyl adjacent to an activating group) is 1. The predicted octanol–water partition coefficient (Wildman–Crippen LogP) is 2.88. The number of nitrogens with one attached hydrogen (secondary N) is 3. The Bertz CT molecular complexity index is 1640. The zero-order valence-electron chi connectivity index (χ0n) is 28.9. The molecule has 0 unspecified atom stereocenters. The van der Waals surface area contributed by atoms with Gasteiger partial charge in [0.05, 0.1) is 12.6 Å². The van der Waals surface area contributed by atoms with Crippen molar-refractivity contribution in [3.05, 3.63) is 36.2 Å². The largest absolute Gasteiger partial charge is 0.446 e. The fourth-order valence-electron chi connectivity index (χ4n) is 6.88. The van der Waals surface area contributed by atoms with E-state index in [0.717, 1.165) is 44.1 Å². The highest BCUT2D eigenvalue weighted by atomic mass is 16.7. The van der Waals surface area contributed by atoms with Crippen molar-refractivity contribution in [1.82, 2.24) is 31.0 Å². The summed E-state index contributed by atoms with van der Waals surface area (Å²) in [5.74, 6) is -1.96. The second-order valence-electron chi connectivity index (χ2n) is 14.9. The van der Waals surface area contributed by atoms with Crippen molar-refractivity contribution in [1.29, 1.82) is 0 Å². The number of rotatable bonds is 11. The second kappa shape index (κ2) is 14.2. The van der Waals surface area contributed by atoms with E-state index in [-0.39, 0.29) is 37.3 Å². The van der Waals surface area contributed by atoms with Crippen LogP contribution >= 0.6 is 0 Å². The summed E-state index contributed by atoms with van der Waals surface area (Å²) in [6, 6.07) is 6.05. The zero-order valence-corrected chi connectivity index (χ0v) is 28.9. The number of alkyl carbamates (subject to hydrolysis) is 1. The molecule has 3 fully saturated rings. The second-order valence-corrected chi connectivity index (χ2v) is 14.9. The molecule has 2 aromatic rings. The molecule has 15 heteroatoms. The van der Waals surface area contributed by atoms with Crippen LogP contribution in [-0.2, 0) is 28.8 Å². The Kier molecular flexibility index (Phi) is 9.94. The van der Waals surface area contributed by atoms with Crippen molar-refractivity contribution in [2.24, 2.45) is 16.5 Å². The quantitative estimate of drug-likeness (QED) is 0.295. The summed E-state index contributed by atoms with van der Waals surface area (Å²) >= 11 is 0. The topological polar surface area (TPSA) is 194 Å². The van der Waals surface area contributed by atoms with Gasteiger partial charge < -0.3 is 34.9 Å². The molecule has 1 spiro atoms. The smallest absolute Gasteiger partial charge is 0.408 e. The highest BCUT2D eigenvalue weighted by Crippen LogP contribution is 2.40. The van der Waals surface area contributed by atoms with Gasteiger partial charge in [0, 0.05) is 25.5 Å². The van der Waals surface area contributed by atoms with Crippen molar-refractivity contribution in [3.63, 3.8) is 0 Å². The fraction of sp³-hybridized carbons (Fsp3) is 0.600. The van der Waals surface area contributed by atoms with Crippen LogP contribution in [0.3, 0.4) is 0 Å². The van der Waals surface area contributed by atoms with Gasteiger partial charge in [-0.05, 0) is 43.4 Å². The van der Waals surface area contributed by atoms with Gasteiger partial charge in [-0.1, -0.05) is 74.3 Å². The number of hydrogen-bond acceptors (Lipinski definition) is 11. The molecule has 268 valence electrons. The van der Waals surface area contributed by atoms with Crippen LogP contribution in [0.15, 0.2) is 40.0 Å². The highest BCUT2D eigenvalue weighted by Gasteiger charge is 2.56. The minimum absolute atomic E-state index is 0.0188. The third kappa shape index (κ3) is 7.81. The molecule has 4 aliphatic rings. The lowest BCUT2D eigenvalue weighted by atomic mass is 9.85. The van der Waals surface area contributed by atoms with Crippen LogP contribution in [0.2, 0.25) is 0 Å². The lowest BCUT2D eigenvalue weighted by molar-refractivity contribution is -0.144. The molecule has 0 bridgehead atoms. The van der Waals surface area contributed by atoms with Gasteiger partial charge in [0.1, 0.15) is 23.9 Å². The highest BCUT2D eigenvalue weighted by molar-refractivity contribution is 6.38. The van der Waals surface area contributed by atoms with E-state index in [4.69, 9.17) is 14.1 Å². The van der Waals surface area contributed by atoms with Crippen molar-refractivity contribution >= 4 is 35.3 Å². The number of nitrogens with zero attached hydrogens (tertiary/aromatic N) is 4. The van der Waals surface area contributed by atoms with Crippen LogP contribution in [0.25, 0.3) is 11.4 Å². The van der Waals surface area contributed by atoms with Gasteiger partial charge in [0.25, 0.3) is 11.8 Å². The van der Waals surface area contributed by atoms with E-state index >= 15 is 0 Å². The van der Waals surface area contributed by atoms with Crippen LogP contribution in [-0.4, -0.2) is 93.8 Å². The molecule has 50 heavy (non-hydrogen) atoms. The van der Waals surface area contributed by atoms with E-state index in [1.165, 1.54) is 11.9 Å². The number of hydrogen-bond donors (Lipinski definition) is 3. The van der Waals surface area contributed by atoms with Crippen molar-refractivity contribution in [2.75, 3.05) is 13.6 Å². The molecule has 3 heterocycles. The summed E-state index contributed by atoms with van der Waals surface area (Å²) in [4.78, 5) is 78.9. The van der Waals surface area contributed by atoms with Gasteiger partial charge in [-0.25, -0.2) is 4.79 Å². The summed E-state index contributed by atoms with van der Waals surface area (Å²) in [6.45, 7) is 5.38. The average Bonchev–Trinajstić information content (AvgIpc) is 3.52. The third-order valence-electron chi connectivity index (χ3n) is 9.83. The molecule has 6 rings (SSSR count). The molecular formula is C35H45N7O8. The molecule has 1 aromatic heterocycles. The molecule has 1 aromatic carbocycles. The standard InChI is InChI=1S/C35H45N7O8/c1-34(2,3)27(38-33(47)48-22-12-8-9-13-22)32(46)42-19-35(17-24(40-50-35)31-39-28(41-49-31)21-10-6-5-7-11-21)18-25(42)29(44)37-23(16-20-14-15-20)26(43)30(45)36-4/h5-7,10-11,20,22-23,25,27H,8-9,12-19H2,1-4H3,(H,36,45)(H,37,44)(H,38,47)/t23-,25-,27+,35-/m0/s1. The number of amides is 4. The molecule has 15 nitrogen and oxygen atoms in total. The van der Waals surface area contributed by atoms with Crippen molar-refractivity contribution < 1.29 is 38.1 Å². The number of carbonyl (C=O) groups is 5. The SMILES string of the molecule is CNC(=O)C(=O)[C@H](CC1CC1)NC(=O)[C@@H]1C[C@@]2(CC(c3nc(-c4ccccc4)no3)=NO2)CN1C(=O)[C@@H](NC(=O)OC1CCCC1)C(C)(C)C. The Morgan fingerprint density at radius 1 is 1.04 bits per heavy atom. The summed E-state index contributed by atoms with van der Waals surface area (Å²) < 4.78 is 11.1. The lowest BCUT2D eigenvalue weighted by Crippen LogP contribution is -2.59. The van der Waals surface area contributed by atoms with Gasteiger partial charge in [-0.15, -0.1) is 0 Å². The first-order valence-electron chi connectivity index (χ1n) is 17.3. The number of likely N-dealkylation sites (tertiary alicyclic amines) is 1. The number of ketones is 1. The molecular weight excluding hydrogens is 646 g/mol. The van der Waals surface area contributed by atoms with Crippen LogP contribution in [0.5, 0.6) is 0 Å². The van der Waals surface area contributed by atoms with Crippen LogP contribution < -0.4 is 16.0 Å². The van der Waals surface area contributed by atoms with Gasteiger partial charge in [0.2, 0.25) is 23.4 Å². The van der Waals surface area contributed by atoms with Crippen LogP contribution in [0, 0.1) is 11.3 Å². The van der Waals surface area contributed by atoms with E-state index in [0.29, 0.717) is 18.0 Å². The Balaban J connectivity index is 1.25. The number of oxime groups is 1. The van der Waals surface area contributed by atoms with E-state index in [1.54, 1.807) is 0 Å². The first-order valence-corrected chi connectivity index (χ1v) is 17.3. The van der Waals surface area contributed by atoms with Gasteiger partial charge in [-0.3, -0.25) is 19.2 Å². The predicted molar refractivity (Wildman–Crippen MR) is 178 cm³/mol. The summed E-state index contributed by atoms with van der Waals surface area (Å²) in [6.07, 6.45) is 4.84. The number of carbonyl (C=O) groups excluding carboxylic acids is 5. The summed E-state index contributed by atoms with van der Waals surface area (Å²) in [5.41, 5.74) is -0.800. The number of ether oxygens (including phenoxy) is 1.